The van der Waals surface area contributed by atoms with Gasteiger partial charge in [0.25, 0.3) is 0 Å². The smallest absolute Gasteiger partial charge is 0.119 e. The molecule has 106 valence electrons. The largest absolute Gasteiger partial charge is 0.494 e. The Bertz CT molecular complexity index is 495. The third-order valence-corrected chi connectivity index (χ3v) is 3.67. The van der Waals surface area contributed by atoms with Crippen molar-refractivity contribution < 1.29 is 9.84 Å². The molecule has 0 heterocycles. The van der Waals surface area contributed by atoms with E-state index in [1.54, 1.807) is 0 Å². The number of ether oxygens (including phenoxy) is 1. The van der Waals surface area contributed by atoms with Crippen molar-refractivity contribution >= 4 is 0 Å². The number of rotatable bonds is 7. The Morgan fingerprint density at radius 1 is 0.950 bits per heavy atom. The van der Waals surface area contributed by atoms with Crippen LogP contribution in [0.25, 0.3) is 0 Å². The van der Waals surface area contributed by atoms with Crippen molar-refractivity contribution in [2.75, 3.05) is 19.8 Å². The Kier molecular flexibility index (Phi) is 5.16. The third kappa shape index (κ3) is 3.38. The molecule has 0 saturated carbocycles. The highest BCUT2D eigenvalue weighted by atomic mass is 16.5. The SMILES string of the molecule is NCC(CO)(CCOc1ccccc1)c1ccccc1. The van der Waals surface area contributed by atoms with E-state index >= 15 is 0 Å². The summed E-state index contributed by atoms with van der Waals surface area (Å²) in [5.74, 6) is 0.837. The van der Waals surface area contributed by atoms with Crippen molar-refractivity contribution in [1.29, 1.82) is 0 Å². The van der Waals surface area contributed by atoms with Crippen molar-refractivity contribution in [2.24, 2.45) is 5.73 Å². The zero-order valence-corrected chi connectivity index (χ0v) is 11.5. The molecule has 0 amide bonds. The Morgan fingerprint density at radius 3 is 2.10 bits per heavy atom. The molecule has 0 aromatic heterocycles. The van der Waals surface area contributed by atoms with E-state index in [9.17, 15) is 5.11 Å². The van der Waals surface area contributed by atoms with Crippen LogP contribution in [0.3, 0.4) is 0 Å². The summed E-state index contributed by atoms with van der Waals surface area (Å²) in [5, 5.41) is 9.79. The van der Waals surface area contributed by atoms with Crippen LogP contribution in [0, 0.1) is 0 Å². The van der Waals surface area contributed by atoms with Crippen LogP contribution < -0.4 is 10.5 Å². The normalized spacial score (nSPS) is 13.7. The van der Waals surface area contributed by atoms with Crippen molar-refractivity contribution in [2.45, 2.75) is 11.8 Å². The van der Waals surface area contributed by atoms with Gasteiger partial charge in [-0.3, -0.25) is 0 Å². The van der Waals surface area contributed by atoms with Gasteiger partial charge in [0.2, 0.25) is 0 Å². The monoisotopic (exact) mass is 271 g/mol. The number of aliphatic hydroxyl groups excluding tert-OH is 1. The average Bonchev–Trinajstić information content (AvgIpc) is 2.54. The number of para-hydroxylation sites is 1. The molecule has 1 unspecified atom stereocenters. The number of aliphatic hydroxyl groups is 1. The van der Waals surface area contributed by atoms with Crippen molar-refractivity contribution in [3.8, 4) is 5.75 Å². The Labute approximate surface area is 120 Å². The second-order valence-electron chi connectivity index (χ2n) is 4.92. The molecule has 20 heavy (non-hydrogen) atoms. The van der Waals surface area contributed by atoms with Crippen molar-refractivity contribution in [3.63, 3.8) is 0 Å². The zero-order valence-electron chi connectivity index (χ0n) is 11.5. The van der Waals surface area contributed by atoms with E-state index in [-0.39, 0.29) is 6.61 Å². The molecule has 1 atom stereocenters. The maximum absolute atomic E-state index is 9.79. The predicted molar refractivity (Wildman–Crippen MR) is 80.8 cm³/mol. The first-order valence-electron chi connectivity index (χ1n) is 6.85. The number of hydrogen-bond donors (Lipinski definition) is 2. The molecule has 3 nitrogen and oxygen atoms in total. The van der Waals surface area contributed by atoms with E-state index in [1.165, 1.54) is 0 Å². The summed E-state index contributed by atoms with van der Waals surface area (Å²) in [6.45, 7) is 0.938. The molecule has 0 spiro atoms. The minimum absolute atomic E-state index is 0.0195. The average molecular weight is 271 g/mol. The lowest BCUT2D eigenvalue weighted by molar-refractivity contribution is 0.163. The van der Waals surface area contributed by atoms with Gasteiger partial charge >= 0.3 is 0 Å². The van der Waals surface area contributed by atoms with Gasteiger partial charge in [-0.25, -0.2) is 0 Å². The van der Waals surface area contributed by atoms with Crippen LogP contribution in [0.4, 0.5) is 0 Å². The topological polar surface area (TPSA) is 55.5 Å². The number of benzene rings is 2. The number of hydrogen-bond acceptors (Lipinski definition) is 3. The summed E-state index contributed by atoms with van der Waals surface area (Å²) in [5.41, 5.74) is 6.54. The highest BCUT2D eigenvalue weighted by Crippen LogP contribution is 2.27. The second kappa shape index (κ2) is 7.08. The lowest BCUT2D eigenvalue weighted by Gasteiger charge is -2.31. The molecule has 0 saturated heterocycles. The molecule has 0 bridgehead atoms. The molecule has 0 radical (unpaired) electrons. The van der Waals surface area contributed by atoms with Crippen LogP contribution in [-0.4, -0.2) is 24.9 Å². The van der Waals surface area contributed by atoms with Crippen LogP contribution in [0.2, 0.25) is 0 Å². The first-order chi connectivity index (χ1) is 9.80. The first-order valence-corrected chi connectivity index (χ1v) is 6.85. The van der Waals surface area contributed by atoms with Gasteiger partial charge in [0.05, 0.1) is 13.2 Å². The van der Waals surface area contributed by atoms with Crippen molar-refractivity contribution in [1.82, 2.24) is 0 Å². The molecular formula is C17H21NO2. The zero-order chi connectivity index (χ0) is 14.3. The molecule has 2 rings (SSSR count). The van der Waals surface area contributed by atoms with Gasteiger partial charge in [-0.15, -0.1) is 0 Å². The highest BCUT2D eigenvalue weighted by Gasteiger charge is 2.29. The summed E-state index contributed by atoms with van der Waals surface area (Å²) in [4.78, 5) is 0. The maximum atomic E-state index is 9.79. The molecule has 0 aliphatic heterocycles. The summed E-state index contributed by atoms with van der Waals surface area (Å²) < 4.78 is 5.72. The third-order valence-electron chi connectivity index (χ3n) is 3.67. The lowest BCUT2D eigenvalue weighted by atomic mass is 9.78. The van der Waals surface area contributed by atoms with Gasteiger partial charge < -0.3 is 15.6 Å². The van der Waals surface area contributed by atoms with Gasteiger partial charge in [-0.05, 0) is 24.1 Å². The van der Waals surface area contributed by atoms with E-state index < -0.39 is 5.41 Å². The van der Waals surface area contributed by atoms with Crippen LogP contribution in [0.5, 0.6) is 5.75 Å². The molecule has 2 aromatic rings. The van der Waals surface area contributed by atoms with Crippen LogP contribution in [-0.2, 0) is 5.41 Å². The van der Waals surface area contributed by atoms with E-state index in [0.717, 1.165) is 11.3 Å². The molecule has 3 heteroatoms. The fraction of sp³-hybridized carbons (Fsp3) is 0.294. The van der Waals surface area contributed by atoms with Crippen LogP contribution >= 0.6 is 0 Å². The lowest BCUT2D eigenvalue weighted by Crippen LogP contribution is -2.40. The second-order valence-corrected chi connectivity index (χ2v) is 4.92. The fourth-order valence-corrected chi connectivity index (χ4v) is 2.27. The van der Waals surface area contributed by atoms with E-state index in [0.29, 0.717) is 19.6 Å². The predicted octanol–water partition coefficient (Wildman–Crippen LogP) is 2.34. The summed E-state index contributed by atoms with van der Waals surface area (Å²) in [7, 11) is 0. The van der Waals surface area contributed by atoms with Gasteiger partial charge in [0.15, 0.2) is 0 Å². The highest BCUT2D eigenvalue weighted by molar-refractivity contribution is 5.26. The summed E-state index contributed by atoms with van der Waals surface area (Å²) in [6.07, 6.45) is 0.679. The molecule has 0 fully saturated rings. The van der Waals surface area contributed by atoms with Crippen molar-refractivity contribution in [3.05, 3.63) is 66.2 Å². The Hall–Kier alpha value is -1.84. The standard InChI is InChI=1S/C17H21NO2/c18-13-17(14-19,15-7-3-1-4-8-15)11-12-20-16-9-5-2-6-10-16/h1-10,19H,11-14,18H2. The minimum Gasteiger partial charge on any atom is -0.494 e. The van der Waals surface area contributed by atoms with Gasteiger partial charge in [0.1, 0.15) is 5.75 Å². The molecule has 0 aliphatic rings. The van der Waals surface area contributed by atoms with E-state index in [4.69, 9.17) is 10.5 Å². The molecule has 2 aromatic carbocycles. The quantitative estimate of drug-likeness (QED) is 0.812. The van der Waals surface area contributed by atoms with Crippen LogP contribution in [0.15, 0.2) is 60.7 Å². The van der Waals surface area contributed by atoms with E-state index in [2.05, 4.69) is 0 Å². The Balaban J connectivity index is 2.03. The van der Waals surface area contributed by atoms with Gasteiger partial charge in [-0.2, -0.15) is 0 Å². The minimum atomic E-state index is -0.434. The number of nitrogens with two attached hydrogens (primary N) is 1. The van der Waals surface area contributed by atoms with Gasteiger partial charge in [0, 0.05) is 12.0 Å². The van der Waals surface area contributed by atoms with Crippen LogP contribution in [0.1, 0.15) is 12.0 Å². The summed E-state index contributed by atoms with van der Waals surface area (Å²) >= 11 is 0. The molecule has 0 aliphatic carbocycles. The fourth-order valence-electron chi connectivity index (χ4n) is 2.27. The van der Waals surface area contributed by atoms with Gasteiger partial charge in [-0.1, -0.05) is 48.5 Å². The molecule has 3 N–H and O–H groups in total. The first kappa shape index (κ1) is 14.6. The maximum Gasteiger partial charge on any atom is 0.119 e. The summed E-state index contributed by atoms with van der Waals surface area (Å²) in [6, 6.07) is 19.6. The molecular weight excluding hydrogens is 250 g/mol. The van der Waals surface area contributed by atoms with E-state index in [1.807, 2.05) is 60.7 Å². The Morgan fingerprint density at radius 2 is 1.55 bits per heavy atom.